The minimum atomic E-state index is -0.320. The molecule has 29 heavy (non-hydrogen) atoms. The number of amides is 2. The SMILES string of the molecule is CCOc1ccc(-c2nc(C(=O)N(C)CC(=O)Nc3cccc(Cl)c3)cs2)cc1. The summed E-state index contributed by atoms with van der Waals surface area (Å²) >= 11 is 7.29. The van der Waals surface area contributed by atoms with Crippen molar-refractivity contribution in [2.24, 2.45) is 0 Å². The Kier molecular flexibility index (Phi) is 6.85. The number of nitrogens with zero attached hydrogens (tertiary/aromatic N) is 2. The van der Waals surface area contributed by atoms with Gasteiger partial charge in [0.05, 0.1) is 13.2 Å². The Bertz CT molecular complexity index is 1000. The van der Waals surface area contributed by atoms with E-state index in [1.54, 1.807) is 36.7 Å². The number of rotatable bonds is 7. The molecule has 8 heteroatoms. The molecule has 0 aliphatic carbocycles. The molecule has 0 radical (unpaired) electrons. The molecule has 0 bridgehead atoms. The van der Waals surface area contributed by atoms with Crippen LogP contribution in [0.4, 0.5) is 5.69 Å². The lowest BCUT2D eigenvalue weighted by Crippen LogP contribution is -2.35. The molecule has 0 aliphatic heterocycles. The van der Waals surface area contributed by atoms with Crippen LogP contribution in [-0.2, 0) is 4.79 Å². The predicted octanol–water partition coefficient (Wildman–Crippen LogP) is 4.57. The third kappa shape index (κ3) is 5.56. The highest BCUT2D eigenvalue weighted by Gasteiger charge is 2.18. The van der Waals surface area contributed by atoms with Gasteiger partial charge < -0.3 is 15.0 Å². The molecular formula is C21H20ClN3O3S. The van der Waals surface area contributed by atoms with Crippen molar-refractivity contribution in [2.45, 2.75) is 6.92 Å². The second kappa shape index (κ2) is 9.54. The number of carbonyl (C=O) groups is 2. The van der Waals surface area contributed by atoms with Gasteiger partial charge in [0.25, 0.3) is 5.91 Å². The maximum absolute atomic E-state index is 12.6. The van der Waals surface area contributed by atoms with Crippen molar-refractivity contribution in [2.75, 3.05) is 25.5 Å². The molecule has 0 spiro atoms. The van der Waals surface area contributed by atoms with Crippen LogP contribution >= 0.6 is 22.9 Å². The average Bonchev–Trinajstić information content (AvgIpc) is 3.18. The van der Waals surface area contributed by atoms with E-state index in [0.717, 1.165) is 16.3 Å². The molecular weight excluding hydrogens is 410 g/mol. The van der Waals surface area contributed by atoms with E-state index in [4.69, 9.17) is 16.3 Å². The van der Waals surface area contributed by atoms with E-state index < -0.39 is 0 Å². The summed E-state index contributed by atoms with van der Waals surface area (Å²) in [6, 6.07) is 14.4. The largest absolute Gasteiger partial charge is 0.494 e. The number of carbonyl (C=O) groups excluding carboxylic acids is 2. The van der Waals surface area contributed by atoms with Crippen LogP contribution in [0, 0.1) is 0 Å². The lowest BCUT2D eigenvalue weighted by Gasteiger charge is -2.15. The summed E-state index contributed by atoms with van der Waals surface area (Å²) in [7, 11) is 1.57. The molecule has 0 fully saturated rings. The van der Waals surface area contributed by atoms with Crippen molar-refractivity contribution in [3.63, 3.8) is 0 Å². The highest BCUT2D eigenvalue weighted by molar-refractivity contribution is 7.13. The molecule has 0 saturated heterocycles. The summed E-state index contributed by atoms with van der Waals surface area (Å²) < 4.78 is 5.43. The number of nitrogens with one attached hydrogen (secondary N) is 1. The summed E-state index contributed by atoms with van der Waals surface area (Å²) in [6.45, 7) is 2.44. The zero-order valence-corrected chi connectivity index (χ0v) is 17.6. The third-order valence-electron chi connectivity index (χ3n) is 3.97. The van der Waals surface area contributed by atoms with Gasteiger partial charge >= 0.3 is 0 Å². The first-order valence-corrected chi connectivity index (χ1v) is 10.2. The number of aromatic nitrogens is 1. The van der Waals surface area contributed by atoms with E-state index in [2.05, 4.69) is 10.3 Å². The lowest BCUT2D eigenvalue weighted by molar-refractivity contribution is -0.116. The van der Waals surface area contributed by atoms with Crippen LogP contribution in [0.25, 0.3) is 10.6 Å². The first-order valence-electron chi connectivity index (χ1n) is 8.96. The third-order valence-corrected chi connectivity index (χ3v) is 5.10. The standard InChI is InChI=1S/C21H20ClN3O3S/c1-3-28-17-9-7-14(8-10-17)20-24-18(13-29-20)21(27)25(2)12-19(26)23-16-6-4-5-15(22)11-16/h4-11,13H,3,12H2,1-2H3,(H,23,26). The monoisotopic (exact) mass is 429 g/mol. The maximum atomic E-state index is 12.6. The van der Waals surface area contributed by atoms with Gasteiger partial charge in [0, 0.05) is 28.7 Å². The van der Waals surface area contributed by atoms with Gasteiger partial charge in [0.2, 0.25) is 5.91 Å². The van der Waals surface area contributed by atoms with Crippen LogP contribution in [0.3, 0.4) is 0 Å². The molecule has 2 aromatic carbocycles. The quantitative estimate of drug-likeness (QED) is 0.597. The van der Waals surface area contributed by atoms with Gasteiger partial charge in [-0.3, -0.25) is 9.59 Å². The number of hydrogen-bond acceptors (Lipinski definition) is 5. The minimum absolute atomic E-state index is 0.0960. The van der Waals surface area contributed by atoms with Crippen LogP contribution in [-0.4, -0.2) is 41.9 Å². The lowest BCUT2D eigenvalue weighted by atomic mass is 10.2. The van der Waals surface area contributed by atoms with E-state index >= 15 is 0 Å². The molecule has 1 heterocycles. The van der Waals surface area contributed by atoms with Crippen LogP contribution < -0.4 is 10.1 Å². The molecule has 1 N–H and O–H groups in total. The van der Waals surface area contributed by atoms with Gasteiger partial charge in [-0.25, -0.2) is 4.98 Å². The van der Waals surface area contributed by atoms with Crippen LogP contribution in [0.5, 0.6) is 5.75 Å². The van der Waals surface area contributed by atoms with Crippen LogP contribution in [0.2, 0.25) is 5.02 Å². The van der Waals surface area contributed by atoms with Gasteiger partial charge in [0.15, 0.2) is 0 Å². The molecule has 0 atom stereocenters. The van der Waals surface area contributed by atoms with Gasteiger partial charge in [-0.05, 0) is 49.4 Å². The maximum Gasteiger partial charge on any atom is 0.273 e. The molecule has 3 aromatic rings. The van der Waals surface area contributed by atoms with Crippen molar-refractivity contribution < 1.29 is 14.3 Å². The fraction of sp³-hybridized carbons (Fsp3) is 0.190. The second-order valence-electron chi connectivity index (χ2n) is 6.22. The van der Waals surface area contributed by atoms with Crippen molar-refractivity contribution in [1.29, 1.82) is 0 Å². The molecule has 0 unspecified atom stereocenters. The average molecular weight is 430 g/mol. The van der Waals surface area contributed by atoms with E-state index in [1.165, 1.54) is 16.2 Å². The number of anilines is 1. The molecule has 3 rings (SSSR count). The number of thiazole rings is 1. The van der Waals surface area contributed by atoms with Crippen LogP contribution in [0.1, 0.15) is 17.4 Å². The number of hydrogen-bond donors (Lipinski definition) is 1. The van der Waals surface area contributed by atoms with Gasteiger partial charge in [-0.1, -0.05) is 17.7 Å². The molecule has 150 valence electrons. The Morgan fingerprint density at radius 1 is 1.21 bits per heavy atom. The molecule has 2 amide bonds. The van der Waals surface area contributed by atoms with Gasteiger partial charge in [0.1, 0.15) is 16.5 Å². The van der Waals surface area contributed by atoms with Crippen molar-refractivity contribution in [3.8, 4) is 16.3 Å². The van der Waals surface area contributed by atoms with Crippen LogP contribution in [0.15, 0.2) is 53.9 Å². The summed E-state index contributed by atoms with van der Waals surface area (Å²) in [6.07, 6.45) is 0. The first kappa shape index (κ1) is 20.8. The Morgan fingerprint density at radius 2 is 1.97 bits per heavy atom. The van der Waals surface area contributed by atoms with E-state index in [1.807, 2.05) is 31.2 Å². The summed E-state index contributed by atoms with van der Waals surface area (Å²) in [5.74, 6) is 0.152. The normalized spacial score (nSPS) is 10.4. The number of halogens is 1. The number of ether oxygens (including phenoxy) is 1. The van der Waals surface area contributed by atoms with Gasteiger partial charge in [-0.2, -0.15) is 0 Å². The second-order valence-corrected chi connectivity index (χ2v) is 7.51. The highest BCUT2D eigenvalue weighted by atomic mass is 35.5. The fourth-order valence-electron chi connectivity index (χ4n) is 2.61. The smallest absolute Gasteiger partial charge is 0.273 e. The Labute approximate surface area is 178 Å². The van der Waals surface area contributed by atoms with E-state index in [0.29, 0.717) is 23.0 Å². The topological polar surface area (TPSA) is 71.5 Å². The number of likely N-dealkylation sites (N-methyl/N-ethyl adjacent to an activating group) is 1. The predicted molar refractivity (Wildman–Crippen MR) is 116 cm³/mol. The Hall–Kier alpha value is -2.90. The summed E-state index contributed by atoms with van der Waals surface area (Å²) in [4.78, 5) is 30.6. The van der Waals surface area contributed by atoms with E-state index in [-0.39, 0.29) is 18.4 Å². The van der Waals surface area contributed by atoms with E-state index in [9.17, 15) is 9.59 Å². The van der Waals surface area contributed by atoms with Crippen molar-refractivity contribution in [3.05, 3.63) is 64.6 Å². The molecule has 1 aromatic heterocycles. The fourth-order valence-corrected chi connectivity index (χ4v) is 3.60. The number of benzene rings is 2. The zero-order valence-electron chi connectivity index (χ0n) is 16.0. The Morgan fingerprint density at radius 3 is 2.66 bits per heavy atom. The molecule has 6 nitrogen and oxygen atoms in total. The highest BCUT2D eigenvalue weighted by Crippen LogP contribution is 2.26. The Balaban J connectivity index is 1.62. The minimum Gasteiger partial charge on any atom is -0.494 e. The van der Waals surface area contributed by atoms with Crippen molar-refractivity contribution >= 4 is 40.4 Å². The summed E-state index contributed by atoms with van der Waals surface area (Å²) in [5.41, 5.74) is 1.78. The van der Waals surface area contributed by atoms with Crippen molar-refractivity contribution in [1.82, 2.24) is 9.88 Å². The summed E-state index contributed by atoms with van der Waals surface area (Å²) in [5, 5.41) is 5.67. The first-order chi connectivity index (χ1) is 14.0. The molecule has 0 aliphatic rings. The molecule has 0 saturated carbocycles. The zero-order chi connectivity index (χ0) is 20.8. The van der Waals surface area contributed by atoms with Gasteiger partial charge in [-0.15, -0.1) is 11.3 Å².